The van der Waals surface area contributed by atoms with Gasteiger partial charge in [-0.2, -0.15) is 0 Å². The number of aliphatic hydroxyl groups is 1. The molecule has 0 heterocycles. The minimum absolute atomic E-state index is 0.0417. The fourth-order valence-corrected chi connectivity index (χ4v) is 3.06. The number of esters is 1. The predicted molar refractivity (Wildman–Crippen MR) is 98.7 cm³/mol. The van der Waals surface area contributed by atoms with E-state index in [0.717, 1.165) is 51.0 Å². The van der Waals surface area contributed by atoms with Gasteiger partial charge in [0.2, 0.25) is 11.6 Å². The number of unbranched alkanes of at least 4 members (excludes halogenated alkanes) is 6. The molecule has 0 fully saturated rings. The van der Waals surface area contributed by atoms with Crippen molar-refractivity contribution in [3.05, 3.63) is 23.2 Å². The van der Waals surface area contributed by atoms with Gasteiger partial charge in [0, 0.05) is 19.6 Å². The van der Waals surface area contributed by atoms with Crippen LogP contribution >= 0.6 is 0 Å². The Morgan fingerprint density at radius 1 is 1.00 bits per heavy atom. The summed E-state index contributed by atoms with van der Waals surface area (Å²) >= 11 is 0. The van der Waals surface area contributed by atoms with E-state index in [1.54, 1.807) is 0 Å². The summed E-state index contributed by atoms with van der Waals surface area (Å²) in [5, 5.41) is 8.76. The predicted octanol–water partition coefficient (Wildman–Crippen LogP) is 2.61. The summed E-state index contributed by atoms with van der Waals surface area (Å²) in [6.45, 7) is 1.50. The van der Waals surface area contributed by atoms with Crippen molar-refractivity contribution in [3.8, 4) is 0 Å². The Bertz CT molecular complexity index is 589. The van der Waals surface area contributed by atoms with Crippen LogP contribution in [0.4, 0.5) is 0 Å². The third-order valence-electron chi connectivity index (χ3n) is 4.38. The van der Waals surface area contributed by atoms with Crippen molar-refractivity contribution in [1.82, 2.24) is 0 Å². The van der Waals surface area contributed by atoms with Crippen LogP contribution < -0.4 is 0 Å². The molecule has 1 unspecified atom stereocenters. The highest BCUT2D eigenvalue weighted by molar-refractivity contribution is 6.21. The largest absolute Gasteiger partial charge is 0.492 e. The molecule has 1 rings (SSSR count). The Morgan fingerprint density at radius 3 is 2.11 bits per heavy atom. The van der Waals surface area contributed by atoms with Gasteiger partial charge in [-0.1, -0.05) is 32.1 Å². The number of rotatable bonds is 13. The summed E-state index contributed by atoms with van der Waals surface area (Å²) in [6.07, 6.45) is 7.32. The van der Waals surface area contributed by atoms with Gasteiger partial charge in [0.15, 0.2) is 11.5 Å². The zero-order valence-corrected chi connectivity index (χ0v) is 16.4. The van der Waals surface area contributed by atoms with Gasteiger partial charge in [-0.3, -0.25) is 14.4 Å². The molecule has 7 heteroatoms. The third-order valence-corrected chi connectivity index (χ3v) is 4.38. The minimum atomic E-state index is -0.845. The van der Waals surface area contributed by atoms with Gasteiger partial charge >= 0.3 is 5.97 Å². The van der Waals surface area contributed by atoms with E-state index in [1.165, 1.54) is 21.1 Å². The molecule has 1 aliphatic carbocycles. The molecule has 0 aliphatic heterocycles. The standard InChI is InChI=1S/C20H30O7/c1-14(22)27-16(11-9-7-5-4-6-8-10-12-21)18-19(24)17(25-2)13-15(23)20(18)26-3/h13,16,21H,4-12H2,1-3H3. The number of aliphatic hydroxyl groups excluding tert-OH is 1. The summed E-state index contributed by atoms with van der Waals surface area (Å²) in [5.41, 5.74) is 0.0417. The molecule has 0 saturated carbocycles. The lowest BCUT2D eigenvalue weighted by Gasteiger charge is -2.24. The molecule has 0 saturated heterocycles. The molecule has 0 amide bonds. The number of Topliss-reactive ketones (excluding diaryl/α,β-unsaturated/α-hetero) is 1. The Morgan fingerprint density at radius 2 is 1.59 bits per heavy atom. The van der Waals surface area contributed by atoms with Gasteiger partial charge in [-0.15, -0.1) is 0 Å². The Hall–Kier alpha value is -2.15. The summed E-state index contributed by atoms with van der Waals surface area (Å²) in [6, 6.07) is 0. The molecule has 1 aliphatic rings. The summed E-state index contributed by atoms with van der Waals surface area (Å²) in [7, 11) is 2.62. The van der Waals surface area contributed by atoms with Crippen LogP contribution in [-0.2, 0) is 28.6 Å². The highest BCUT2D eigenvalue weighted by atomic mass is 16.5. The Labute approximate surface area is 160 Å². The van der Waals surface area contributed by atoms with Crippen molar-refractivity contribution in [2.24, 2.45) is 0 Å². The second kappa shape index (κ2) is 12.3. The van der Waals surface area contributed by atoms with Crippen LogP contribution in [0.2, 0.25) is 0 Å². The van der Waals surface area contributed by atoms with Gasteiger partial charge in [-0.25, -0.2) is 0 Å². The van der Waals surface area contributed by atoms with E-state index in [4.69, 9.17) is 19.3 Å². The first-order valence-corrected chi connectivity index (χ1v) is 9.37. The molecular weight excluding hydrogens is 352 g/mol. The van der Waals surface area contributed by atoms with Crippen LogP contribution in [0.1, 0.15) is 58.3 Å². The maximum absolute atomic E-state index is 12.6. The molecule has 7 nitrogen and oxygen atoms in total. The molecule has 0 aromatic rings. The van der Waals surface area contributed by atoms with E-state index in [1.807, 2.05) is 0 Å². The Kier molecular flexibility index (Phi) is 10.4. The van der Waals surface area contributed by atoms with Crippen molar-refractivity contribution in [1.29, 1.82) is 0 Å². The van der Waals surface area contributed by atoms with Crippen molar-refractivity contribution in [2.45, 2.75) is 64.4 Å². The fraction of sp³-hybridized carbons (Fsp3) is 0.650. The monoisotopic (exact) mass is 382 g/mol. The highest BCUT2D eigenvalue weighted by Gasteiger charge is 2.36. The molecule has 0 bridgehead atoms. The van der Waals surface area contributed by atoms with E-state index in [9.17, 15) is 14.4 Å². The molecule has 1 atom stereocenters. The molecule has 0 aromatic heterocycles. The van der Waals surface area contributed by atoms with Crippen LogP contribution in [0.3, 0.4) is 0 Å². The maximum Gasteiger partial charge on any atom is 0.303 e. The first-order chi connectivity index (χ1) is 13.0. The van der Waals surface area contributed by atoms with E-state index < -0.39 is 23.6 Å². The molecule has 0 spiro atoms. The first kappa shape index (κ1) is 22.9. The Balaban J connectivity index is 2.75. The lowest BCUT2D eigenvalue weighted by Crippen LogP contribution is -2.31. The highest BCUT2D eigenvalue weighted by Crippen LogP contribution is 2.27. The van der Waals surface area contributed by atoms with Crippen molar-refractivity contribution in [2.75, 3.05) is 20.8 Å². The molecular formula is C20H30O7. The fourth-order valence-electron chi connectivity index (χ4n) is 3.06. The quantitative estimate of drug-likeness (QED) is 0.297. The number of carbonyl (C=O) groups excluding carboxylic acids is 3. The number of ketones is 2. The van der Waals surface area contributed by atoms with Crippen molar-refractivity contribution >= 4 is 17.5 Å². The maximum atomic E-state index is 12.6. The zero-order valence-electron chi connectivity index (χ0n) is 16.4. The summed E-state index contributed by atoms with van der Waals surface area (Å²) < 4.78 is 15.4. The van der Waals surface area contributed by atoms with Crippen LogP contribution in [-0.4, -0.2) is 49.6 Å². The number of carbonyl (C=O) groups is 3. The SMILES string of the molecule is COC1=CC(=O)C(OC)=C(C(CCCCCCCCCO)OC(C)=O)C1=O. The molecule has 1 N–H and O–H groups in total. The van der Waals surface area contributed by atoms with Crippen molar-refractivity contribution in [3.63, 3.8) is 0 Å². The van der Waals surface area contributed by atoms with Crippen LogP contribution in [0, 0.1) is 0 Å². The average molecular weight is 382 g/mol. The topological polar surface area (TPSA) is 99.1 Å². The van der Waals surface area contributed by atoms with Gasteiger partial charge in [0.25, 0.3) is 0 Å². The van der Waals surface area contributed by atoms with Crippen molar-refractivity contribution < 1.29 is 33.7 Å². The smallest absolute Gasteiger partial charge is 0.303 e. The van der Waals surface area contributed by atoms with Crippen LogP contribution in [0.25, 0.3) is 0 Å². The summed E-state index contributed by atoms with van der Waals surface area (Å²) in [4.78, 5) is 36.3. The molecule has 0 aromatic carbocycles. The lowest BCUT2D eigenvalue weighted by molar-refractivity contribution is -0.145. The van der Waals surface area contributed by atoms with E-state index >= 15 is 0 Å². The van der Waals surface area contributed by atoms with Gasteiger partial charge in [0.1, 0.15) is 6.10 Å². The second-order valence-corrected chi connectivity index (χ2v) is 6.44. The minimum Gasteiger partial charge on any atom is -0.492 e. The van der Waals surface area contributed by atoms with E-state index in [-0.39, 0.29) is 23.7 Å². The molecule has 0 radical (unpaired) electrons. The number of hydrogen-bond acceptors (Lipinski definition) is 7. The average Bonchev–Trinajstić information content (AvgIpc) is 2.63. The third kappa shape index (κ3) is 7.17. The van der Waals surface area contributed by atoms with Gasteiger partial charge in [-0.05, 0) is 19.3 Å². The number of hydrogen-bond donors (Lipinski definition) is 1. The molecule has 152 valence electrons. The molecule has 27 heavy (non-hydrogen) atoms. The van der Waals surface area contributed by atoms with E-state index in [0.29, 0.717) is 6.42 Å². The lowest BCUT2D eigenvalue weighted by atomic mass is 9.92. The van der Waals surface area contributed by atoms with Gasteiger partial charge in [0.05, 0.1) is 19.8 Å². The van der Waals surface area contributed by atoms with Gasteiger partial charge < -0.3 is 19.3 Å². The van der Waals surface area contributed by atoms with E-state index in [2.05, 4.69) is 0 Å². The van der Waals surface area contributed by atoms with Crippen LogP contribution in [0.15, 0.2) is 23.2 Å². The number of allylic oxidation sites excluding steroid dienone is 2. The number of methoxy groups -OCH3 is 2. The second-order valence-electron chi connectivity index (χ2n) is 6.44. The first-order valence-electron chi connectivity index (χ1n) is 9.37. The van der Waals surface area contributed by atoms with Crippen LogP contribution in [0.5, 0.6) is 0 Å². The normalized spacial score (nSPS) is 15.5. The summed E-state index contributed by atoms with van der Waals surface area (Å²) in [5.74, 6) is -1.69. The number of ether oxygens (including phenoxy) is 3. The zero-order chi connectivity index (χ0) is 20.2.